The van der Waals surface area contributed by atoms with Gasteiger partial charge < -0.3 is 9.13 Å². The average molecular weight is 639 g/mol. The Morgan fingerprint density at radius 2 is 1.73 bits per heavy atom. The number of thioether (sulfide) groups is 1. The van der Waals surface area contributed by atoms with Gasteiger partial charge in [0, 0.05) is 67.1 Å². The summed E-state index contributed by atoms with van der Waals surface area (Å²) in [5.41, 5.74) is 11.1. The minimum absolute atomic E-state index is 0.116. The van der Waals surface area contributed by atoms with Crippen LogP contribution in [0.4, 0.5) is 0 Å². The Hall–Kier alpha value is -5.57. The zero-order chi connectivity index (χ0) is 32.9. The van der Waals surface area contributed by atoms with Crippen molar-refractivity contribution in [3.63, 3.8) is 0 Å². The first-order valence-corrected chi connectivity index (χ1v) is 17.0. The largest absolute Gasteiger partial charge is 0.306 e. The van der Waals surface area contributed by atoms with Crippen LogP contribution in [-0.4, -0.2) is 19.1 Å². The number of para-hydroxylation sites is 1. The molecule has 4 nitrogen and oxygen atoms in total. The summed E-state index contributed by atoms with van der Waals surface area (Å²) >= 11 is 1.84. The van der Waals surface area contributed by atoms with E-state index in [1.54, 1.807) is 0 Å². The molecule has 0 saturated carbocycles. The molecule has 1 aliphatic carbocycles. The van der Waals surface area contributed by atoms with E-state index >= 15 is 0 Å². The van der Waals surface area contributed by atoms with Crippen LogP contribution in [0, 0.1) is 18.3 Å². The van der Waals surface area contributed by atoms with Gasteiger partial charge in [0.2, 0.25) is 0 Å². The topological polar surface area (TPSA) is 35.6 Å². The second-order valence-corrected chi connectivity index (χ2v) is 13.4. The number of terminal acetylenes is 1. The molecule has 4 aromatic heterocycles. The number of nitrogens with zero attached hydrogens (tertiary/aromatic N) is 4. The van der Waals surface area contributed by atoms with Crippen LogP contribution >= 0.6 is 11.8 Å². The number of aromatic nitrogens is 4. The molecule has 5 heteroatoms. The van der Waals surface area contributed by atoms with Crippen molar-refractivity contribution in [2.75, 3.05) is 0 Å². The van der Waals surface area contributed by atoms with Gasteiger partial charge in [-0.05, 0) is 73.0 Å². The van der Waals surface area contributed by atoms with Gasteiger partial charge in [-0.25, -0.2) is 0 Å². The zero-order valence-electron chi connectivity index (χ0n) is 27.2. The Bertz CT molecular complexity index is 2450. The van der Waals surface area contributed by atoms with Crippen molar-refractivity contribution in [1.82, 2.24) is 19.1 Å². The first-order valence-electron chi connectivity index (χ1n) is 16.2. The molecule has 0 spiro atoms. The van der Waals surface area contributed by atoms with Crippen LogP contribution < -0.4 is 0 Å². The summed E-state index contributed by atoms with van der Waals surface area (Å²) in [5, 5.41) is 3.49. The lowest BCUT2D eigenvalue weighted by Gasteiger charge is -2.22. The molecule has 6 aromatic rings. The van der Waals surface area contributed by atoms with Crippen LogP contribution in [0.2, 0.25) is 0 Å². The maximum absolute atomic E-state index is 6.15. The van der Waals surface area contributed by atoms with Gasteiger partial charge in [-0.3, -0.25) is 9.97 Å². The fourth-order valence-electron chi connectivity index (χ4n) is 7.38. The molecule has 2 unspecified atom stereocenters. The Balaban J connectivity index is 1.20. The average Bonchev–Trinajstić information content (AvgIpc) is 3.57. The minimum atomic E-state index is 0.116. The standard InChI is InChI=1S/C43H34N4S/c1-6-11-34-35-12-9-10-13-40(35)46(39(34)8-3)30(7-2)20-27(4)38-23-29-22-32(21-28(38)5)48-43-24-31(14-15-33(29)43)47-41-25-44-18-16-36(41)37-17-19-45-26-42(37)47/h3,6-7,9-27,29H,2H2,1,4-5H3/b11-6-,30-20+. The second kappa shape index (κ2) is 11.9. The normalized spacial score (nSPS) is 16.8. The zero-order valence-corrected chi connectivity index (χ0v) is 28.0. The predicted octanol–water partition coefficient (Wildman–Crippen LogP) is 10.9. The van der Waals surface area contributed by atoms with Crippen molar-refractivity contribution >= 4 is 56.2 Å². The minimum Gasteiger partial charge on any atom is -0.306 e. The molecule has 2 bridgehead atoms. The molecule has 0 fully saturated rings. The van der Waals surface area contributed by atoms with E-state index in [0.717, 1.165) is 44.6 Å². The summed E-state index contributed by atoms with van der Waals surface area (Å²) < 4.78 is 4.46. The highest BCUT2D eigenvalue weighted by Crippen LogP contribution is 2.47. The number of fused-ring (bicyclic) bond motifs is 7. The van der Waals surface area contributed by atoms with E-state index in [0.29, 0.717) is 0 Å². The Labute approximate surface area is 285 Å². The van der Waals surface area contributed by atoms with E-state index in [1.807, 2.05) is 55.6 Å². The molecule has 232 valence electrons. The van der Waals surface area contributed by atoms with Crippen LogP contribution in [0.1, 0.15) is 43.5 Å². The van der Waals surface area contributed by atoms with Crippen molar-refractivity contribution in [2.45, 2.75) is 31.6 Å². The number of pyridine rings is 2. The number of hydrogen-bond acceptors (Lipinski definition) is 3. The molecule has 2 atom stereocenters. The summed E-state index contributed by atoms with van der Waals surface area (Å²) in [4.78, 5) is 11.4. The van der Waals surface area contributed by atoms with Crippen molar-refractivity contribution in [2.24, 2.45) is 5.92 Å². The quantitative estimate of drug-likeness (QED) is 0.135. The third kappa shape index (κ3) is 4.72. The van der Waals surface area contributed by atoms with Gasteiger partial charge in [0.25, 0.3) is 0 Å². The lowest BCUT2D eigenvalue weighted by molar-refractivity contribution is 0.850. The van der Waals surface area contributed by atoms with Gasteiger partial charge in [0.1, 0.15) is 5.69 Å². The van der Waals surface area contributed by atoms with Crippen molar-refractivity contribution in [3.8, 4) is 18.0 Å². The number of benzene rings is 2. The summed E-state index contributed by atoms with van der Waals surface area (Å²) in [6.45, 7) is 10.7. The maximum atomic E-state index is 6.15. The fourth-order valence-corrected chi connectivity index (χ4v) is 8.59. The van der Waals surface area contributed by atoms with Gasteiger partial charge in [-0.15, -0.1) is 6.42 Å². The Morgan fingerprint density at radius 1 is 0.979 bits per heavy atom. The lowest BCUT2D eigenvalue weighted by Crippen LogP contribution is -2.05. The molecular formula is C43H34N4S. The van der Waals surface area contributed by atoms with Crippen LogP contribution in [0.25, 0.3) is 50.2 Å². The lowest BCUT2D eigenvalue weighted by atomic mass is 9.89. The fraction of sp³-hybridized carbons (Fsp3) is 0.116. The highest BCUT2D eigenvalue weighted by molar-refractivity contribution is 8.03. The van der Waals surface area contributed by atoms with Crippen molar-refractivity contribution < 1.29 is 0 Å². The van der Waals surface area contributed by atoms with Crippen LogP contribution in [-0.2, 0) is 0 Å². The molecule has 2 aromatic carbocycles. The highest BCUT2D eigenvalue weighted by atomic mass is 32.2. The molecule has 8 rings (SSSR count). The van der Waals surface area contributed by atoms with Crippen LogP contribution in [0.15, 0.2) is 143 Å². The molecule has 0 radical (unpaired) electrons. The van der Waals surface area contributed by atoms with Crippen molar-refractivity contribution in [3.05, 3.63) is 155 Å². The molecule has 48 heavy (non-hydrogen) atoms. The molecule has 0 amide bonds. The molecule has 0 saturated heterocycles. The summed E-state index contributed by atoms with van der Waals surface area (Å²) in [7, 11) is 0. The Kier molecular flexibility index (Phi) is 7.39. The Morgan fingerprint density at radius 3 is 2.44 bits per heavy atom. The second-order valence-electron chi connectivity index (χ2n) is 12.3. The molecule has 1 aliphatic heterocycles. The van der Waals surface area contributed by atoms with Crippen LogP contribution in [0.3, 0.4) is 0 Å². The van der Waals surface area contributed by atoms with Crippen LogP contribution in [0.5, 0.6) is 0 Å². The third-order valence-electron chi connectivity index (χ3n) is 9.49. The van der Waals surface area contributed by atoms with Crippen molar-refractivity contribution in [1.29, 1.82) is 0 Å². The number of rotatable bonds is 6. The smallest absolute Gasteiger partial charge is 0.105 e. The number of allylic oxidation sites excluding steroid dienone is 9. The van der Waals surface area contributed by atoms with Gasteiger partial charge in [-0.1, -0.05) is 85.8 Å². The third-order valence-corrected chi connectivity index (χ3v) is 10.6. The van der Waals surface area contributed by atoms with E-state index in [-0.39, 0.29) is 11.8 Å². The summed E-state index contributed by atoms with van der Waals surface area (Å²) in [6.07, 6.45) is 29.3. The molecule has 2 aliphatic rings. The summed E-state index contributed by atoms with van der Waals surface area (Å²) in [6, 6.07) is 19.4. The van der Waals surface area contributed by atoms with E-state index in [9.17, 15) is 0 Å². The molecule has 0 N–H and O–H groups in total. The monoisotopic (exact) mass is 638 g/mol. The van der Waals surface area contributed by atoms with Gasteiger partial charge in [0.15, 0.2) is 0 Å². The van der Waals surface area contributed by atoms with Gasteiger partial charge in [-0.2, -0.15) is 0 Å². The predicted molar refractivity (Wildman–Crippen MR) is 203 cm³/mol. The number of hydrogen-bond donors (Lipinski definition) is 0. The first kappa shape index (κ1) is 29.8. The summed E-state index contributed by atoms with van der Waals surface area (Å²) in [5.74, 6) is 3.25. The van der Waals surface area contributed by atoms with E-state index < -0.39 is 0 Å². The first-order chi connectivity index (χ1) is 23.5. The maximum Gasteiger partial charge on any atom is 0.105 e. The molecule has 5 heterocycles. The van der Waals surface area contributed by atoms with E-state index in [1.165, 1.54) is 37.3 Å². The SMILES string of the molecule is C#Cc1c(/C=C\C)c2ccccc2n1/C(C=C)=C/C(C)C1=CC2C=C(C=C1C)Sc1cc(-n3c4cnccc4c4ccncc43)ccc12. The molecular weight excluding hydrogens is 605 g/mol. The van der Waals surface area contributed by atoms with E-state index in [4.69, 9.17) is 6.42 Å². The van der Waals surface area contributed by atoms with Gasteiger partial charge >= 0.3 is 0 Å². The van der Waals surface area contributed by atoms with Gasteiger partial charge in [0.05, 0.1) is 28.9 Å². The highest BCUT2D eigenvalue weighted by Gasteiger charge is 2.25. The van der Waals surface area contributed by atoms with E-state index in [2.05, 4.69) is 130 Å².